The normalized spacial score (nSPS) is 12.2. The highest BCUT2D eigenvalue weighted by atomic mass is 16.5. The molecule has 0 fully saturated rings. The molecule has 0 saturated heterocycles. The maximum atomic E-state index is 5.54. The van der Waals surface area contributed by atoms with Crippen LogP contribution in [0.5, 0.6) is 5.88 Å². The Labute approximate surface area is 113 Å². The number of nitrogens with zero attached hydrogens (tertiary/aromatic N) is 3. The molecule has 0 bridgehead atoms. The van der Waals surface area contributed by atoms with Gasteiger partial charge in [-0.15, -0.1) is 0 Å². The van der Waals surface area contributed by atoms with Crippen molar-refractivity contribution in [2.75, 3.05) is 5.32 Å². The second kappa shape index (κ2) is 6.13. The van der Waals surface area contributed by atoms with Crippen LogP contribution in [0, 0.1) is 0 Å². The molecule has 2 heterocycles. The fourth-order valence-electron chi connectivity index (χ4n) is 1.62. The molecule has 2 aromatic rings. The third kappa shape index (κ3) is 3.91. The standard InChI is InChI=1S/C14H18N4O/c1-10(2)19-13-7-9-16-14(18-13)17-11(3)12-6-4-5-8-15-12/h4-11H,1-3H3,(H,16,17,18). The molecule has 2 rings (SSSR count). The molecule has 5 heteroatoms. The van der Waals surface area contributed by atoms with Gasteiger partial charge in [-0.1, -0.05) is 6.07 Å². The van der Waals surface area contributed by atoms with Crippen molar-refractivity contribution in [1.82, 2.24) is 15.0 Å². The Kier molecular flexibility index (Phi) is 4.28. The molecule has 0 spiro atoms. The second-order valence-electron chi connectivity index (χ2n) is 4.51. The Balaban J connectivity index is 2.06. The highest BCUT2D eigenvalue weighted by Crippen LogP contribution is 2.16. The van der Waals surface area contributed by atoms with Gasteiger partial charge in [-0.25, -0.2) is 4.98 Å². The molecule has 0 aliphatic carbocycles. The SMILES string of the molecule is CC(C)Oc1ccnc(NC(C)c2ccccn2)n1. The van der Waals surface area contributed by atoms with Crippen molar-refractivity contribution in [3.05, 3.63) is 42.4 Å². The van der Waals surface area contributed by atoms with Crippen molar-refractivity contribution < 1.29 is 4.74 Å². The minimum atomic E-state index is 0.0375. The Bertz CT molecular complexity index is 516. The Morgan fingerprint density at radius 1 is 1.05 bits per heavy atom. The summed E-state index contributed by atoms with van der Waals surface area (Å²) in [6.07, 6.45) is 3.54. The zero-order valence-electron chi connectivity index (χ0n) is 11.4. The lowest BCUT2D eigenvalue weighted by molar-refractivity contribution is 0.232. The fraction of sp³-hybridized carbons (Fsp3) is 0.357. The quantitative estimate of drug-likeness (QED) is 0.893. The van der Waals surface area contributed by atoms with Crippen LogP contribution in [0.25, 0.3) is 0 Å². The van der Waals surface area contributed by atoms with Crippen LogP contribution in [0.3, 0.4) is 0 Å². The van der Waals surface area contributed by atoms with Gasteiger partial charge in [0, 0.05) is 18.5 Å². The first kappa shape index (κ1) is 13.3. The third-order valence-corrected chi connectivity index (χ3v) is 2.46. The van der Waals surface area contributed by atoms with E-state index in [1.165, 1.54) is 0 Å². The van der Waals surface area contributed by atoms with Gasteiger partial charge in [0.25, 0.3) is 0 Å². The van der Waals surface area contributed by atoms with E-state index in [1.807, 2.05) is 39.0 Å². The van der Waals surface area contributed by atoms with Crippen molar-refractivity contribution in [1.29, 1.82) is 0 Å². The molecule has 2 aromatic heterocycles. The van der Waals surface area contributed by atoms with E-state index in [1.54, 1.807) is 18.5 Å². The van der Waals surface area contributed by atoms with Gasteiger partial charge < -0.3 is 10.1 Å². The van der Waals surface area contributed by atoms with E-state index in [0.29, 0.717) is 11.8 Å². The minimum Gasteiger partial charge on any atom is -0.475 e. The number of hydrogen-bond acceptors (Lipinski definition) is 5. The predicted octanol–water partition coefficient (Wildman–Crippen LogP) is 2.83. The zero-order valence-corrected chi connectivity index (χ0v) is 11.4. The van der Waals surface area contributed by atoms with Gasteiger partial charge >= 0.3 is 0 Å². The van der Waals surface area contributed by atoms with E-state index >= 15 is 0 Å². The number of aromatic nitrogens is 3. The summed E-state index contributed by atoms with van der Waals surface area (Å²) in [7, 11) is 0. The molecule has 1 unspecified atom stereocenters. The average molecular weight is 258 g/mol. The van der Waals surface area contributed by atoms with E-state index in [9.17, 15) is 0 Å². The van der Waals surface area contributed by atoms with Gasteiger partial charge in [0.2, 0.25) is 11.8 Å². The maximum absolute atomic E-state index is 5.54. The summed E-state index contributed by atoms with van der Waals surface area (Å²) in [5.41, 5.74) is 0.946. The highest BCUT2D eigenvalue weighted by molar-refractivity contribution is 5.31. The summed E-state index contributed by atoms with van der Waals surface area (Å²) >= 11 is 0. The van der Waals surface area contributed by atoms with Gasteiger partial charge in [0.15, 0.2) is 0 Å². The van der Waals surface area contributed by atoms with Crippen LogP contribution in [0.1, 0.15) is 32.5 Å². The number of hydrogen-bond donors (Lipinski definition) is 1. The van der Waals surface area contributed by atoms with E-state index in [-0.39, 0.29) is 12.1 Å². The monoisotopic (exact) mass is 258 g/mol. The smallest absolute Gasteiger partial charge is 0.226 e. The van der Waals surface area contributed by atoms with Crippen molar-refractivity contribution in [3.63, 3.8) is 0 Å². The Morgan fingerprint density at radius 3 is 2.58 bits per heavy atom. The molecular formula is C14H18N4O. The summed E-state index contributed by atoms with van der Waals surface area (Å²) in [5.74, 6) is 1.11. The van der Waals surface area contributed by atoms with Gasteiger partial charge in [-0.3, -0.25) is 4.98 Å². The van der Waals surface area contributed by atoms with Crippen LogP contribution < -0.4 is 10.1 Å². The molecule has 100 valence electrons. The highest BCUT2D eigenvalue weighted by Gasteiger charge is 2.08. The lowest BCUT2D eigenvalue weighted by Crippen LogP contribution is -2.12. The molecule has 5 nitrogen and oxygen atoms in total. The number of nitrogens with one attached hydrogen (secondary N) is 1. The molecule has 0 amide bonds. The van der Waals surface area contributed by atoms with Crippen molar-refractivity contribution in [2.45, 2.75) is 32.9 Å². The summed E-state index contributed by atoms with van der Waals surface area (Å²) in [5, 5.41) is 3.21. The van der Waals surface area contributed by atoms with E-state index in [2.05, 4.69) is 20.3 Å². The molecule has 0 aromatic carbocycles. The molecule has 1 N–H and O–H groups in total. The van der Waals surface area contributed by atoms with Crippen LogP contribution in [-0.2, 0) is 0 Å². The summed E-state index contributed by atoms with van der Waals surface area (Å²) in [6, 6.07) is 7.60. The van der Waals surface area contributed by atoms with E-state index in [0.717, 1.165) is 5.69 Å². The average Bonchev–Trinajstić information content (AvgIpc) is 2.39. The molecule has 0 saturated carbocycles. The molecular weight excluding hydrogens is 240 g/mol. The Hall–Kier alpha value is -2.17. The predicted molar refractivity (Wildman–Crippen MR) is 74.1 cm³/mol. The van der Waals surface area contributed by atoms with Gasteiger partial charge in [-0.05, 0) is 32.9 Å². The summed E-state index contributed by atoms with van der Waals surface area (Å²) in [4.78, 5) is 12.8. The lowest BCUT2D eigenvalue weighted by Gasteiger charge is -2.14. The first-order chi connectivity index (χ1) is 9.15. The summed E-state index contributed by atoms with van der Waals surface area (Å²) in [6.45, 7) is 5.94. The number of rotatable bonds is 5. The molecule has 0 radical (unpaired) electrons. The van der Waals surface area contributed by atoms with Gasteiger partial charge in [0.1, 0.15) is 0 Å². The topological polar surface area (TPSA) is 59.9 Å². The lowest BCUT2D eigenvalue weighted by atomic mass is 10.2. The number of anilines is 1. The zero-order chi connectivity index (χ0) is 13.7. The Morgan fingerprint density at radius 2 is 1.89 bits per heavy atom. The minimum absolute atomic E-state index is 0.0375. The fourth-order valence-corrected chi connectivity index (χ4v) is 1.62. The van der Waals surface area contributed by atoms with Gasteiger partial charge in [0.05, 0.1) is 17.8 Å². The van der Waals surface area contributed by atoms with Crippen molar-refractivity contribution >= 4 is 5.95 Å². The van der Waals surface area contributed by atoms with Crippen LogP contribution in [0.15, 0.2) is 36.7 Å². The van der Waals surface area contributed by atoms with Crippen molar-refractivity contribution in [3.8, 4) is 5.88 Å². The third-order valence-electron chi connectivity index (χ3n) is 2.46. The molecule has 0 aliphatic rings. The molecule has 0 aliphatic heterocycles. The second-order valence-corrected chi connectivity index (χ2v) is 4.51. The largest absolute Gasteiger partial charge is 0.475 e. The van der Waals surface area contributed by atoms with Crippen molar-refractivity contribution in [2.24, 2.45) is 0 Å². The number of ether oxygens (including phenoxy) is 1. The van der Waals surface area contributed by atoms with Gasteiger partial charge in [-0.2, -0.15) is 4.98 Å². The van der Waals surface area contributed by atoms with Crippen LogP contribution >= 0.6 is 0 Å². The first-order valence-electron chi connectivity index (χ1n) is 6.32. The summed E-state index contributed by atoms with van der Waals surface area (Å²) < 4.78 is 5.54. The number of pyridine rings is 1. The van der Waals surface area contributed by atoms with Crippen LogP contribution in [0.2, 0.25) is 0 Å². The maximum Gasteiger partial charge on any atom is 0.226 e. The first-order valence-corrected chi connectivity index (χ1v) is 6.32. The molecule has 1 atom stereocenters. The van der Waals surface area contributed by atoms with E-state index in [4.69, 9.17) is 4.74 Å². The van der Waals surface area contributed by atoms with Crippen LogP contribution in [-0.4, -0.2) is 21.1 Å². The van der Waals surface area contributed by atoms with Crippen LogP contribution in [0.4, 0.5) is 5.95 Å². The molecule has 19 heavy (non-hydrogen) atoms. The van der Waals surface area contributed by atoms with E-state index < -0.39 is 0 Å².